The van der Waals surface area contributed by atoms with Crippen LogP contribution in [0.25, 0.3) is 6.08 Å². The van der Waals surface area contributed by atoms with E-state index in [4.69, 9.17) is 14.2 Å². The first-order valence-corrected chi connectivity index (χ1v) is 11.8. The van der Waals surface area contributed by atoms with E-state index in [9.17, 15) is 4.79 Å². The van der Waals surface area contributed by atoms with E-state index in [2.05, 4.69) is 66.8 Å². The Morgan fingerprint density at radius 2 is 1.94 bits per heavy atom. The highest BCUT2D eigenvalue weighted by Gasteiger charge is 2.22. The molecule has 1 amide bonds. The molecule has 1 heterocycles. The van der Waals surface area contributed by atoms with Crippen molar-refractivity contribution in [1.29, 1.82) is 0 Å². The summed E-state index contributed by atoms with van der Waals surface area (Å²) in [5.74, 6) is 0.00619. The minimum atomic E-state index is 0.00619. The van der Waals surface area contributed by atoms with E-state index in [1.807, 2.05) is 0 Å². The summed E-state index contributed by atoms with van der Waals surface area (Å²) in [4.78, 5) is 14.0. The Balaban J connectivity index is 1.56. The molecule has 0 saturated carbocycles. The molecule has 0 bridgehead atoms. The van der Waals surface area contributed by atoms with Gasteiger partial charge in [0.2, 0.25) is 5.91 Å². The predicted octanol–water partition coefficient (Wildman–Crippen LogP) is 3.17. The number of amides is 1. The molecule has 0 aliphatic carbocycles. The maximum absolute atomic E-state index is 11.6. The van der Waals surface area contributed by atoms with Crippen molar-refractivity contribution < 1.29 is 19.0 Å². The van der Waals surface area contributed by atoms with E-state index in [1.165, 1.54) is 11.1 Å². The smallest absolute Gasteiger partial charge is 0.222 e. The van der Waals surface area contributed by atoms with Crippen molar-refractivity contribution in [3.8, 4) is 0 Å². The normalized spacial score (nSPS) is 14.4. The van der Waals surface area contributed by atoms with Crippen LogP contribution in [0.3, 0.4) is 0 Å². The number of rotatable bonds is 17. The molecule has 1 fully saturated rings. The lowest BCUT2D eigenvalue weighted by Crippen LogP contribution is -2.47. The van der Waals surface area contributed by atoms with E-state index in [-0.39, 0.29) is 5.91 Å². The summed E-state index contributed by atoms with van der Waals surface area (Å²) < 4.78 is 16.2. The molecule has 7 heteroatoms. The van der Waals surface area contributed by atoms with Gasteiger partial charge in [-0.1, -0.05) is 30.7 Å². The highest BCUT2D eigenvalue weighted by Crippen LogP contribution is 2.16. The number of ether oxygens (including phenoxy) is 3. The van der Waals surface area contributed by atoms with Crippen molar-refractivity contribution in [3.63, 3.8) is 0 Å². The van der Waals surface area contributed by atoms with Gasteiger partial charge in [-0.2, -0.15) is 0 Å². The van der Waals surface area contributed by atoms with E-state index in [0.717, 1.165) is 44.8 Å². The van der Waals surface area contributed by atoms with Gasteiger partial charge in [-0.15, -0.1) is 0 Å². The van der Waals surface area contributed by atoms with E-state index in [1.54, 1.807) is 0 Å². The molecule has 1 aromatic rings. The highest BCUT2D eigenvalue weighted by atomic mass is 16.5. The number of hydrogen-bond acceptors (Lipinski definition) is 6. The molecular weight excluding hydrogens is 406 g/mol. The van der Waals surface area contributed by atoms with Crippen LogP contribution in [0.2, 0.25) is 0 Å². The average Bonchev–Trinajstić information content (AvgIpc) is 2.74. The average molecular weight is 448 g/mol. The molecule has 7 nitrogen and oxygen atoms in total. The summed E-state index contributed by atoms with van der Waals surface area (Å²) in [6.07, 6.45) is 4.68. The molecule has 1 aliphatic rings. The Bertz CT molecular complexity index is 692. The summed E-state index contributed by atoms with van der Waals surface area (Å²) in [6, 6.07) is 9.01. The van der Waals surface area contributed by atoms with Crippen molar-refractivity contribution in [3.05, 3.63) is 35.4 Å². The fraction of sp³-hybridized carbons (Fsp3) is 0.640. The third kappa shape index (κ3) is 11.1. The predicted molar refractivity (Wildman–Crippen MR) is 130 cm³/mol. The van der Waals surface area contributed by atoms with Gasteiger partial charge < -0.3 is 24.8 Å². The largest absolute Gasteiger partial charge is 0.383 e. The number of carbonyl (C=O) groups excluding carboxylic acids is 1. The third-order valence-electron chi connectivity index (χ3n) is 5.37. The van der Waals surface area contributed by atoms with Gasteiger partial charge in [0.15, 0.2) is 0 Å². The minimum absolute atomic E-state index is 0.00619. The second kappa shape index (κ2) is 15.8. The third-order valence-corrected chi connectivity index (χ3v) is 5.37. The van der Waals surface area contributed by atoms with Gasteiger partial charge in [-0.3, -0.25) is 9.69 Å². The second-order valence-corrected chi connectivity index (χ2v) is 8.29. The first kappa shape index (κ1) is 26.3. The zero-order valence-electron chi connectivity index (χ0n) is 20.0. The molecule has 2 rings (SSSR count). The van der Waals surface area contributed by atoms with Crippen LogP contribution in [0.1, 0.15) is 38.7 Å². The number of nitrogens with zero attached hydrogens (tertiary/aromatic N) is 1. The van der Waals surface area contributed by atoms with Crippen LogP contribution in [-0.2, 0) is 19.0 Å². The molecule has 32 heavy (non-hydrogen) atoms. The monoisotopic (exact) mass is 447 g/mol. The van der Waals surface area contributed by atoms with Gasteiger partial charge in [-0.05, 0) is 44.5 Å². The van der Waals surface area contributed by atoms with Crippen LogP contribution < -0.4 is 10.6 Å². The van der Waals surface area contributed by atoms with Crippen molar-refractivity contribution >= 4 is 17.7 Å². The minimum Gasteiger partial charge on any atom is -0.383 e. The van der Waals surface area contributed by atoms with Gasteiger partial charge in [0.25, 0.3) is 0 Å². The molecule has 1 aliphatic heterocycles. The second-order valence-electron chi connectivity index (χ2n) is 8.29. The standard InChI is InChI=1S/C25H41N3O4/c1-4-13-30-14-9-25(29)27-11-16-31-15-10-26-23-7-5-6-22(18-23)17-21(2)8-12-28(3)24-19-32-20-24/h5-7,17-18,24,26H,4,8-16,19-20H2,1-3H3,(H,27,29). The fourth-order valence-corrected chi connectivity index (χ4v) is 3.24. The molecule has 1 saturated heterocycles. The number of benzene rings is 1. The summed E-state index contributed by atoms with van der Waals surface area (Å²) >= 11 is 0. The first-order chi connectivity index (χ1) is 15.6. The van der Waals surface area contributed by atoms with Gasteiger partial charge in [-0.25, -0.2) is 0 Å². The van der Waals surface area contributed by atoms with Crippen molar-refractivity contribution in [1.82, 2.24) is 10.2 Å². The lowest BCUT2D eigenvalue weighted by molar-refractivity contribution is -0.122. The summed E-state index contributed by atoms with van der Waals surface area (Å²) in [7, 11) is 2.17. The number of nitrogens with one attached hydrogen (secondary N) is 2. The summed E-state index contributed by atoms with van der Waals surface area (Å²) in [5.41, 5.74) is 3.66. The Morgan fingerprint density at radius 1 is 1.16 bits per heavy atom. The maximum Gasteiger partial charge on any atom is 0.222 e. The van der Waals surface area contributed by atoms with Gasteiger partial charge in [0.05, 0.1) is 39.1 Å². The van der Waals surface area contributed by atoms with E-state index >= 15 is 0 Å². The molecule has 180 valence electrons. The fourth-order valence-electron chi connectivity index (χ4n) is 3.24. The number of anilines is 1. The molecule has 0 aromatic heterocycles. The van der Waals surface area contributed by atoms with Gasteiger partial charge >= 0.3 is 0 Å². The van der Waals surface area contributed by atoms with E-state index < -0.39 is 0 Å². The van der Waals surface area contributed by atoms with Crippen LogP contribution in [0.15, 0.2) is 29.8 Å². The first-order valence-electron chi connectivity index (χ1n) is 11.8. The molecule has 0 unspecified atom stereocenters. The Kier molecular flexibility index (Phi) is 13.0. The zero-order valence-corrected chi connectivity index (χ0v) is 20.0. The Labute approximate surface area is 193 Å². The lowest BCUT2D eigenvalue weighted by Gasteiger charge is -2.34. The zero-order chi connectivity index (χ0) is 23.0. The summed E-state index contributed by atoms with van der Waals surface area (Å²) in [5, 5.41) is 6.24. The molecule has 0 atom stereocenters. The molecule has 0 radical (unpaired) electrons. The van der Waals surface area contributed by atoms with Crippen molar-refractivity contribution in [2.24, 2.45) is 0 Å². The van der Waals surface area contributed by atoms with Crippen LogP contribution in [-0.4, -0.2) is 83.2 Å². The van der Waals surface area contributed by atoms with Gasteiger partial charge in [0.1, 0.15) is 0 Å². The summed E-state index contributed by atoms with van der Waals surface area (Å²) in [6.45, 7) is 10.5. The quantitative estimate of drug-likeness (QED) is 0.358. The van der Waals surface area contributed by atoms with Crippen LogP contribution in [0.5, 0.6) is 0 Å². The van der Waals surface area contributed by atoms with Crippen molar-refractivity contribution in [2.75, 3.05) is 71.6 Å². The molecule has 2 N–H and O–H groups in total. The van der Waals surface area contributed by atoms with Crippen LogP contribution in [0, 0.1) is 0 Å². The van der Waals surface area contributed by atoms with Crippen molar-refractivity contribution in [2.45, 2.75) is 39.2 Å². The van der Waals surface area contributed by atoms with Gasteiger partial charge in [0, 0.05) is 38.3 Å². The number of hydrogen-bond donors (Lipinski definition) is 2. The number of likely N-dealkylation sites (N-methyl/N-ethyl adjacent to an activating group) is 1. The highest BCUT2D eigenvalue weighted by molar-refractivity contribution is 5.75. The number of carbonyl (C=O) groups is 1. The maximum atomic E-state index is 11.6. The lowest BCUT2D eigenvalue weighted by atomic mass is 10.1. The Morgan fingerprint density at radius 3 is 2.69 bits per heavy atom. The SMILES string of the molecule is CCCOCCC(=O)NCCOCCNc1cccc(C=C(C)CCN(C)C2COC2)c1. The topological polar surface area (TPSA) is 72.1 Å². The molecule has 1 aromatic carbocycles. The van der Waals surface area contributed by atoms with Crippen LogP contribution >= 0.6 is 0 Å². The Hall–Kier alpha value is -1.93. The molecular formula is C25H41N3O4. The van der Waals surface area contributed by atoms with E-state index in [0.29, 0.717) is 45.4 Å². The van der Waals surface area contributed by atoms with Crippen LogP contribution in [0.4, 0.5) is 5.69 Å². The molecule has 0 spiro atoms.